The molecule has 1 saturated heterocycles. The van der Waals surface area contributed by atoms with Gasteiger partial charge in [0, 0.05) is 25.6 Å². The Kier molecular flexibility index (Phi) is 4.31. The summed E-state index contributed by atoms with van der Waals surface area (Å²) in [6.07, 6.45) is 3.81. The molecule has 0 radical (unpaired) electrons. The highest BCUT2D eigenvalue weighted by Crippen LogP contribution is 2.29. The van der Waals surface area contributed by atoms with Gasteiger partial charge in [0.1, 0.15) is 0 Å². The summed E-state index contributed by atoms with van der Waals surface area (Å²) in [7, 11) is 0. The maximum atomic E-state index is 13.6. The van der Waals surface area contributed by atoms with E-state index in [0.29, 0.717) is 19.2 Å². The smallest absolute Gasteiger partial charge is 0.169 e. The molecular formula is C16H19F2NO2. The van der Waals surface area contributed by atoms with Gasteiger partial charge in [-0.1, -0.05) is 6.07 Å². The van der Waals surface area contributed by atoms with E-state index in [0.717, 1.165) is 31.9 Å². The molecule has 3 nitrogen and oxygen atoms in total. The Hall–Kier alpha value is -1.33. The lowest BCUT2D eigenvalue weighted by molar-refractivity contribution is -0.0550. The van der Waals surface area contributed by atoms with Crippen molar-refractivity contribution in [2.45, 2.75) is 37.8 Å². The van der Waals surface area contributed by atoms with Gasteiger partial charge in [0.25, 0.3) is 0 Å². The van der Waals surface area contributed by atoms with Crippen LogP contribution in [0.3, 0.4) is 0 Å². The summed E-state index contributed by atoms with van der Waals surface area (Å²) in [5, 5.41) is 0. The number of benzene rings is 1. The highest BCUT2D eigenvalue weighted by Gasteiger charge is 2.35. The van der Waals surface area contributed by atoms with Crippen molar-refractivity contribution in [3.05, 3.63) is 35.4 Å². The summed E-state index contributed by atoms with van der Waals surface area (Å²) < 4.78 is 32.5. The van der Waals surface area contributed by atoms with Gasteiger partial charge in [0.15, 0.2) is 17.4 Å². The molecule has 1 heterocycles. The Bertz CT molecular complexity index is 535. The number of morpholine rings is 1. The zero-order valence-corrected chi connectivity index (χ0v) is 11.9. The molecule has 1 aromatic rings. The van der Waals surface area contributed by atoms with Crippen LogP contribution >= 0.6 is 0 Å². The molecule has 1 saturated carbocycles. The van der Waals surface area contributed by atoms with Crippen LogP contribution in [0.2, 0.25) is 0 Å². The topological polar surface area (TPSA) is 29.5 Å². The van der Waals surface area contributed by atoms with Crippen LogP contribution < -0.4 is 0 Å². The SMILES string of the molecule is O=C(CCN1CCOC2CCCC21)c1cccc(F)c1F. The van der Waals surface area contributed by atoms with Gasteiger partial charge < -0.3 is 4.74 Å². The zero-order valence-electron chi connectivity index (χ0n) is 11.9. The molecule has 21 heavy (non-hydrogen) atoms. The van der Waals surface area contributed by atoms with Crippen molar-refractivity contribution in [1.29, 1.82) is 0 Å². The van der Waals surface area contributed by atoms with Crippen molar-refractivity contribution >= 4 is 5.78 Å². The lowest BCUT2D eigenvalue weighted by Gasteiger charge is -2.37. The van der Waals surface area contributed by atoms with Crippen LogP contribution in [-0.2, 0) is 4.74 Å². The Labute approximate surface area is 122 Å². The number of ketones is 1. The van der Waals surface area contributed by atoms with E-state index in [1.165, 1.54) is 12.1 Å². The van der Waals surface area contributed by atoms with Crippen LogP contribution in [0.1, 0.15) is 36.0 Å². The van der Waals surface area contributed by atoms with E-state index in [9.17, 15) is 13.6 Å². The average Bonchev–Trinajstić information content (AvgIpc) is 2.96. The van der Waals surface area contributed by atoms with Crippen molar-refractivity contribution in [3.63, 3.8) is 0 Å². The van der Waals surface area contributed by atoms with Crippen molar-refractivity contribution in [2.75, 3.05) is 19.7 Å². The fourth-order valence-electron chi connectivity index (χ4n) is 3.38. The fraction of sp³-hybridized carbons (Fsp3) is 0.562. The summed E-state index contributed by atoms with van der Waals surface area (Å²) in [6, 6.07) is 4.12. The molecule has 2 aliphatic rings. The number of Topliss-reactive ketones (excluding diaryl/α,β-unsaturated/α-hetero) is 1. The number of fused-ring (bicyclic) bond motifs is 1. The summed E-state index contributed by atoms with van der Waals surface area (Å²) in [5.41, 5.74) is -0.147. The molecule has 5 heteroatoms. The largest absolute Gasteiger partial charge is 0.375 e. The molecule has 2 atom stereocenters. The third kappa shape index (κ3) is 2.99. The van der Waals surface area contributed by atoms with E-state index in [2.05, 4.69) is 4.90 Å². The maximum Gasteiger partial charge on any atom is 0.169 e. The lowest BCUT2D eigenvalue weighted by Crippen LogP contribution is -2.49. The van der Waals surface area contributed by atoms with E-state index >= 15 is 0 Å². The second kappa shape index (κ2) is 6.20. The molecule has 0 amide bonds. The quantitative estimate of drug-likeness (QED) is 0.800. The second-order valence-electron chi connectivity index (χ2n) is 5.72. The fourth-order valence-corrected chi connectivity index (χ4v) is 3.38. The molecule has 1 aliphatic heterocycles. The van der Waals surface area contributed by atoms with Crippen LogP contribution in [0.4, 0.5) is 8.78 Å². The second-order valence-corrected chi connectivity index (χ2v) is 5.72. The number of halogens is 2. The molecule has 0 bridgehead atoms. The van der Waals surface area contributed by atoms with Gasteiger partial charge in [-0.15, -0.1) is 0 Å². The van der Waals surface area contributed by atoms with Crippen LogP contribution in [0, 0.1) is 11.6 Å². The summed E-state index contributed by atoms with van der Waals surface area (Å²) in [4.78, 5) is 14.3. The molecule has 1 aliphatic carbocycles. The molecule has 2 fully saturated rings. The van der Waals surface area contributed by atoms with Crippen LogP contribution in [0.25, 0.3) is 0 Å². The average molecular weight is 295 g/mol. The first-order valence-electron chi connectivity index (χ1n) is 7.49. The van der Waals surface area contributed by atoms with E-state index in [4.69, 9.17) is 4.74 Å². The molecule has 114 valence electrons. The van der Waals surface area contributed by atoms with Gasteiger partial charge >= 0.3 is 0 Å². The van der Waals surface area contributed by atoms with Gasteiger partial charge in [0.05, 0.1) is 18.3 Å². The Morgan fingerprint density at radius 2 is 2.19 bits per heavy atom. The standard InChI is InChI=1S/C16H19F2NO2/c17-12-4-1-3-11(16(12)18)14(20)7-8-19-9-10-21-15-6-2-5-13(15)19/h1,3-4,13,15H,2,5-10H2. The molecular weight excluding hydrogens is 276 g/mol. The van der Waals surface area contributed by atoms with Crippen LogP contribution in [-0.4, -0.2) is 42.5 Å². The first kappa shape index (κ1) is 14.6. The molecule has 0 N–H and O–H groups in total. The normalized spacial score (nSPS) is 25.8. The minimum Gasteiger partial charge on any atom is -0.375 e. The third-order valence-corrected chi connectivity index (χ3v) is 4.48. The number of ether oxygens (including phenoxy) is 1. The summed E-state index contributed by atoms with van der Waals surface area (Å²) >= 11 is 0. The van der Waals surface area contributed by atoms with Crippen molar-refractivity contribution in [2.24, 2.45) is 0 Å². The number of carbonyl (C=O) groups is 1. The minimum atomic E-state index is -1.04. The molecule has 0 aromatic heterocycles. The van der Waals surface area contributed by atoms with Gasteiger partial charge in [-0.25, -0.2) is 8.78 Å². The molecule has 3 rings (SSSR count). The van der Waals surface area contributed by atoms with Gasteiger partial charge in [-0.3, -0.25) is 9.69 Å². The van der Waals surface area contributed by atoms with Crippen LogP contribution in [0.5, 0.6) is 0 Å². The molecule has 2 unspecified atom stereocenters. The highest BCUT2D eigenvalue weighted by atomic mass is 19.2. The van der Waals surface area contributed by atoms with Gasteiger partial charge in [0.2, 0.25) is 0 Å². The highest BCUT2D eigenvalue weighted by molar-refractivity contribution is 5.96. The van der Waals surface area contributed by atoms with E-state index in [1.807, 2.05) is 0 Å². The van der Waals surface area contributed by atoms with Crippen molar-refractivity contribution in [1.82, 2.24) is 4.90 Å². The summed E-state index contributed by atoms with van der Waals surface area (Å²) in [5.74, 6) is -2.35. The van der Waals surface area contributed by atoms with E-state index < -0.39 is 11.6 Å². The zero-order chi connectivity index (χ0) is 14.8. The number of hydrogen-bond donors (Lipinski definition) is 0. The van der Waals surface area contributed by atoms with E-state index in [-0.39, 0.29) is 23.9 Å². The Morgan fingerprint density at radius 3 is 3.05 bits per heavy atom. The Balaban J connectivity index is 1.62. The Morgan fingerprint density at radius 1 is 1.33 bits per heavy atom. The van der Waals surface area contributed by atoms with Crippen molar-refractivity contribution in [3.8, 4) is 0 Å². The number of nitrogens with zero attached hydrogens (tertiary/aromatic N) is 1. The first-order valence-corrected chi connectivity index (χ1v) is 7.49. The summed E-state index contributed by atoms with van der Waals surface area (Å²) in [6.45, 7) is 2.07. The predicted octanol–water partition coefficient (Wildman–Crippen LogP) is 2.79. The van der Waals surface area contributed by atoms with Crippen LogP contribution in [0.15, 0.2) is 18.2 Å². The van der Waals surface area contributed by atoms with Crippen molar-refractivity contribution < 1.29 is 18.3 Å². The monoisotopic (exact) mass is 295 g/mol. The predicted molar refractivity (Wildman–Crippen MR) is 74.3 cm³/mol. The molecule has 0 spiro atoms. The number of hydrogen-bond acceptors (Lipinski definition) is 3. The molecule has 1 aromatic carbocycles. The minimum absolute atomic E-state index is 0.147. The number of rotatable bonds is 4. The van der Waals surface area contributed by atoms with Gasteiger partial charge in [-0.2, -0.15) is 0 Å². The first-order chi connectivity index (χ1) is 10.2. The maximum absolute atomic E-state index is 13.6. The lowest BCUT2D eigenvalue weighted by atomic mass is 10.1. The van der Waals surface area contributed by atoms with Gasteiger partial charge in [-0.05, 0) is 31.4 Å². The third-order valence-electron chi connectivity index (χ3n) is 4.48. The van der Waals surface area contributed by atoms with E-state index in [1.54, 1.807) is 0 Å². The number of carbonyl (C=O) groups excluding carboxylic acids is 1.